The van der Waals surface area contributed by atoms with Gasteiger partial charge in [-0.2, -0.15) is 0 Å². The van der Waals surface area contributed by atoms with Gasteiger partial charge in [-0.1, -0.05) is 146 Å². The van der Waals surface area contributed by atoms with Crippen LogP contribution >= 0.6 is 0 Å². The van der Waals surface area contributed by atoms with Crippen molar-refractivity contribution in [3.8, 4) is 39.1 Å². The van der Waals surface area contributed by atoms with Crippen LogP contribution in [-0.2, 0) is 0 Å². The van der Waals surface area contributed by atoms with Gasteiger partial charge in [0.15, 0.2) is 0 Å². The van der Waals surface area contributed by atoms with Crippen LogP contribution in [0.25, 0.3) is 115 Å². The first kappa shape index (κ1) is 31.0. The minimum absolute atomic E-state index is 0.905. The number of fused-ring (bicyclic) bond motifs is 10. The molecule has 0 spiro atoms. The zero-order valence-electron chi connectivity index (χ0n) is 30.4. The Labute approximate surface area is 323 Å². The third-order valence-corrected chi connectivity index (χ3v) is 11.8. The molecule has 2 aromatic heterocycles. The van der Waals surface area contributed by atoms with Crippen LogP contribution in [0.5, 0.6) is 0 Å². The van der Waals surface area contributed by atoms with E-state index in [1.807, 2.05) is 0 Å². The van der Waals surface area contributed by atoms with E-state index < -0.39 is 0 Å². The third kappa shape index (κ3) is 4.57. The smallest absolute Gasteiger partial charge is 0.136 e. The van der Waals surface area contributed by atoms with Crippen LogP contribution in [0.15, 0.2) is 205 Å². The van der Waals surface area contributed by atoms with Crippen LogP contribution in [0, 0.1) is 0 Å². The first-order valence-electron chi connectivity index (χ1n) is 19.3. The van der Waals surface area contributed by atoms with E-state index in [0.717, 1.165) is 22.1 Å². The Hall–Kier alpha value is -7.42. The van der Waals surface area contributed by atoms with Crippen molar-refractivity contribution in [1.82, 2.24) is 4.57 Å². The lowest BCUT2D eigenvalue weighted by molar-refractivity contribution is 0.669. The molecular formula is C54H33NO. The summed E-state index contributed by atoms with van der Waals surface area (Å²) in [6, 6.07) is 72.7. The highest BCUT2D eigenvalue weighted by atomic mass is 16.3. The highest BCUT2D eigenvalue weighted by Gasteiger charge is 2.19. The lowest BCUT2D eigenvalue weighted by Gasteiger charge is -2.18. The quantitative estimate of drug-likeness (QED) is 0.166. The van der Waals surface area contributed by atoms with Gasteiger partial charge in [0.25, 0.3) is 0 Å². The summed E-state index contributed by atoms with van der Waals surface area (Å²) in [5.74, 6) is 0. The first-order valence-corrected chi connectivity index (χ1v) is 19.3. The maximum atomic E-state index is 6.57. The topological polar surface area (TPSA) is 18.1 Å². The van der Waals surface area contributed by atoms with E-state index in [1.54, 1.807) is 0 Å². The highest BCUT2D eigenvalue weighted by molar-refractivity contribution is 6.23. The Morgan fingerprint density at radius 3 is 1.62 bits per heavy atom. The van der Waals surface area contributed by atoms with Crippen molar-refractivity contribution in [2.24, 2.45) is 0 Å². The van der Waals surface area contributed by atoms with Crippen molar-refractivity contribution >= 4 is 76.1 Å². The first-order chi connectivity index (χ1) is 27.8. The van der Waals surface area contributed by atoms with Gasteiger partial charge in [0.1, 0.15) is 11.2 Å². The van der Waals surface area contributed by atoms with Gasteiger partial charge in [0, 0.05) is 27.2 Å². The van der Waals surface area contributed by atoms with E-state index in [0.29, 0.717) is 0 Å². The second-order valence-electron chi connectivity index (χ2n) is 14.8. The number of aromatic nitrogens is 1. The minimum Gasteiger partial charge on any atom is -0.456 e. The number of nitrogens with zero attached hydrogens (tertiary/aromatic N) is 1. The monoisotopic (exact) mass is 711 g/mol. The van der Waals surface area contributed by atoms with Gasteiger partial charge in [-0.05, 0) is 120 Å². The van der Waals surface area contributed by atoms with E-state index >= 15 is 0 Å². The lowest BCUT2D eigenvalue weighted by Crippen LogP contribution is -1.93. The summed E-state index contributed by atoms with van der Waals surface area (Å²) in [6.07, 6.45) is 0. The largest absolute Gasteiger partial charge is 0.456 e. The summed E-state index contributed by atoms with van der Waals surface area (Å²) in [5, 5.41) is 12.2. The molecule has 10 aromatic carbocycles. The van der Waals surface area contributed by atoms with Crippen LogP contribution in [0.2, 0.25) is 0 Å². The Morgan fingerprint density at radius 2 is 0.875 bits per heavy atom. The predicted octanol–water partition coefficient (Wildman–Crippen LogP) is 15.1. The average Bonchev–Trinajstić information content (AvgIpc) is 3.81. The van der Waals surface area contributed by atoms with Crippen LogP contribution in [0.4, 0.5) is 0 Å². The molecule has 0 radical (unpaired) electrons. The van der Waals surface area contributed by atoms with E-state index in [2.05, 4.69) is 205 Å². The number of para-hydroxylation sites is 2. The molecule has 56 heavy (non-hydrogen) atoms. The van der Waals surface area contributed by atoms with Crippen molar-refractivity contribution < 1.29 is 4.42 Å². The molecule has 2 heterocycles. The molecule has 0 aliphatic rings. The van der Waals surface area contributed by atoms with E-state index in [1.165, 1.54) is 93.0 Å². The zero-order chi connectivity index (χ0) is 36.7. The number of furan rings is 1. The van der Waals surface area contributed by atoms with Crippen molar-refractivity contribution in [3.63, 3.8) is 0 Å². The van der Waals surface area contributed by atoms with Crippen LogP contribution in [0.1, 0.15) is 0 Å². The molecule has 2 heteroatoms. The Bertz CT molecular complexity index is 3470. The molecule has 0 bridgehead atoms. The molecule has 0 N–H and O–H groups in total. The van der Waals surface area contributed by atoms with Crippen LogP contribution in [-0.4, -0.2) is 4.57 Å². The number of hydrogen-bond acceptors (Lipinski definition) is 1. The SMILES string of the molecule is c1ccc(-n2c3ccccc3c3cc(-c4cccc(-c5c6ccccc6c(-c6ccc7c(c6)oc6ccc8ccccc8c67)c6ccccc56)c4)ccc32)cc1. The number of hydrogen-bond donors (Lipinski definition) is 0. The summed E-state index contributed by atoms with van der Waals surface area (Å²) in [7, 11) is 0. The van der Waals surface area contributed by atoms with Gasteiger partial charge in [-0.3, -0.25) is 0 Å². The molecule has 0 saturated carbocycles. The van der Waals surface area contributed by atoms with Crippen LogP contribution < -0.4 is 0 Å². The summed E-state index contributed by atoms with van der Waals surface area (Å²) >= 11 is 0. The van der Waals surface area contributed by atoms with Gasteiger partial charge in [0.2, 0.25) is 0 Å². The number of rotatable bonds is 4. The van der Waals surface area contributed by atoms with Crippen molar-refractivity contribution in [2.75, 3.05) is 0 Å². The molecule has 2 nitrogen and oxygen atoms in total. The molecular weight excluding hydrogens is 679 g/mol. The molecule has 0 fully saturated rings. The molecule has 12 aromatic rings. The molecule has 0 atom stereocenters. The second kappa shape index (κ2) is 12.0. The van der Waals surface area contributed by atoms with Gasteiger partial charge in [-0.15, -0.1) is 0 Å². The zero-order valence-corrected chi connectivity index (χ0v) is 30.4. The normalized spacial score (nSPS) is 11.9. The average molecular weight is 712 g/mol. The lowest BCUT2D eigenvalue weighted by atomic mass is 9.85. The summed E-state index contributed by atoms with van der Waals surface area (Å²) in [5.41, 5.74) is 12.6. The number of benzene rings is 10. The molecule has 0 amide bonds. The maximum absolute atomic E-state index is 6.57. The fourth-order valence-electron chi connectivity index (χ4n) is 9.31. The molecule has 12 rings (SSSR count). The van der Waals surface area contributed by atoms with Crippen molar-refractivity contribution in [2.45, 2.75) is 0 Å². The van der Waals surface area contributed by atoms with Crippen molar-refractivity contribution in [3.05, 3.63) is 200 Å². The minimum atomic E-state index is 0.905. The van der Waals surface area contributed by atoms with E-state index in [4.69, 9.17) is 4.42 Å². The van der Waals surface area contributed by atoms with Gasteiger partial charge >= 0.3 is 0 Å². The fraction of sp³-hybridized carbons (Fsp3) is 0. The highest BCUT2D eigenvalue weighted by Crippen LogP contribution is 2.46. The molecule has 260 valence electrons. The standard InChI is InChI=1S/C54H33NO/c1-2-16-39(17-3-1)55-48-24-11-10-19-41(48)47-32-36(26-29-49(47)55)35-14-12-15-37(31-35)52-42-20-6-8-22-44(42)53(45-23-9-7-21-43(45)52)38-25-28-46-51(33-38)56-50-30-27-34-13-4-5-18-40(34)54(46)50/h1-33H. The van der Waals surface area contributed by atoms with Gasteiger partial charge in [-0.25, -0.2) is 0 Å². The molecule has 0 saturated heterocycles. The Kier molecular flexibility index (Phi) is 6.66. The second-order valence-corrected chi connectivity index (χ2v) is 14.8. The third-order valence-electron chi connectivity index (χ3n) is 11.8. The van der Waals surface area contributed by atoms with E-state index in [9.17, 15) is 0 Å². The maximum Gasteiger partial charge on any atom is 0.136 e. The Morgan fingerprint density at radius 1 is 0.304 bits per heavy atom. The molecule has 0 aliphatic carbocycles. The summed E-state index contributed by atoms with van der Waals surface area (Å²) < 4.78 is 8.94. The Balaban J connectivity index is 1.04. The molecule has 0 aliphatic heterocycles. The van der Waals surface area contributed by atoms with Gasteiger partial charge < -0.3 is 8.98 Å². The van der Waals surface area contributed by atoms with Crippen molar-refractivity contribution in [1.29, 1.82) is 0 Å². The van der Waals surface area contributed by atoms with Gasteiger partial charge in [0.05, 0.1) is 11.0 Å². The van der Waals surface area contributed by atoms with Crippen LogP contribution in [0.3, 0.4) is 0 Å². The predicted molar refractivity (Wildman–Crippen MR) is 237 cm³/mol. The fourth-order valence-corrected chi connectivity index (χ4v) is 9.31. The summed E-state index contributed by atoms with van der Waals surface area (Å²) in [6.45, 7) is 0. The van der Waals surface area contributed by atoms with E-state index in [-0.39, 0.29) is 0 Å². The summed E-state index contributed by atoms with van der Waals surface area (Å²) in [4.78, 5) is 0. The molecule has 0 unspecified atom stereocenters.